The molecule has 0 saturated heterocycles. The minimum atomic E-state index is -0.869. The Morgan fingerprint density at radius 1 is 1.38 bits per heavy atom. The average molecular weight is 373 g/mol. The number of thiophene rings is 1. The second-order valence-corrected chi connectivity index (χ2v) is 6.87. The van der Waals surface area contributed by atoms with Crippen LogP contribution in [0.2, 0.25) is 0 Å². The van der Waals surface area contributed by atoms with Crippen molar-refractivity contribution in [1.82, 2.24) is 24.9 Å². The Bertz CT molecular complexity index is 935. The van der Waals surface area contributed by atoms with E-state index in [9.17, 15) is 9.59 Å². The summed E-state index contributed by atoms with van der Waals surface area (Å²) in [5, 5.41) is 8.79. The lowest BCUT2D eigenvalue weighted by atomic mass is 10.1. The van der Waals surface area contributed by atoms with E-state index in [0.29, 0.717) is 18.0 Å². The number of carbonyl (C=O) groups excluding carboxylic acids is 2. The maximum absolute atomic E-state index is 12.3. The highest BCUT2D eigenvalue weighted by atomic mass is 32.1. The summed E-state index contributed by atoms with van der Waals surface area (Å²) in [6.45, 7) is 5.63. The largest absolute Gasteiger partial charge is 0.452 e. The van der Waals surface area contributed by atoms with Crippen LogP contribution in [0.15, 0.2) is 23.8 Å². The summed E-state index contributed by atoms with van der Waals surface area (Å²) in [6, 6.07) is 3.85. The van der Waals surface area contributed by atoms with Crippen molar-refractivity contribution in [3.63, 3.8) is 0 Å². The minimum absolute atomic E-state index is 0.0169. The van der Waals surface area contributed by atoms with E-state index in [2.05, 4.69) is 20.4 Å². The lowest BCUT2D eigenvalue weighted by Gasteiger charge is -2.14. The van der Waals surface area contributed by atoms with Crippen LogP contribution in [0.25, 0.3) is 5.78 Å². The van der Waals surface area contributed by atoms with Crippen molar-refractivity contribution in [2.45, 2.75) is 39.8 Å². The smallest absolute Gasteiger partial charge is 0.311 e. The van der Waals surface area contributed by atoms with Crippen molar-refractivity contribution in [3.8, 4) is 0 Å². The van der Waals surface area contributed by atoms with Gasteiger partial charge in [0.05, 0.1) is 13.0 Å². The van der Waals surface area contributed by atoms with Gasteiger partial charge in [-0.1, -0.05) is 6.07 Å². The summed E-state index contributed by atoms with van der Waals surface area (Å²) in [7, 11) is 0. The number of fused-ring (bicyclic) bond motifs is 1. The predicted octanol–water partition coefficient (Wildman–Crippen LogP) is 1.59. The zero-order valence-electron chi connectivity index (χ0n) is 14.7. The topological polar surface area (TPSA) is 98.5 Å². The molecule has 3 heterocycles. The molecule has 1 atom stereocenters. The van der Waals surface area contributed by atoms with Crippen LogP contribution in [0, 0.1) is 13.8 Å². The van der Waals surface area contributed by atoms with Crippen LogP contribution in [-0.2, 0) is 27.3 Å². The summed E-state index contributed by atoms with van der Waals surface area (Å²) in [5.41, 5.74) is 2.19. The molecule has 0 fully saturated rings. The van der Waals surface area contributed by atoms with E-state index >= 15 is 0 Å². The van der Waals surface area contributed by atoms with E-state index in [1.807, 2.05) is 31.4 Å². The predicted molar refractivity (Wildman–Crippen MR) is 95.7 cm³/mol. The van der Waals surface area contributed by atoms with E-state index in [0.717, 1.165) is 16.1 Å². The van der Waals surface area contributed by atoms with Crippen LogP contribution in [0.3, 0.4) is 0 Å². The van der Waals surface area contributed by atoms with E-state index in [1.54, 1.807) is 22.8 Å². The van der Waals surface area contributed by atoms with Gasteiger partial charge >= 0.3 is 5.97 Å². The Kier molecular flexibility index (Phi) is 5.27. The van der Waals surface area contributed by atoms with Gasteiger partial charge in [0.1, 0.15) is 6.33 Å². The Hall–Kier alpha value is -2.81. The van der Waals surface area contributed by atoms with E-state index < -0.39 is 12.1 Å². The number of amides is 1. The molecule has 0 saturated carbocycles. The lowest BCUT2D eigenvalue weighted by molar-refractivity contribution is -0.154. The number of hydrogen-bond donors (Lipinski definition) is 1. The maximum atomic E-state index is 12.3. The zero-order chi connectivity index (χ0) is 18.7. The Balaban J connectivity index is 1.60. The fourth-order valence-corrected chi connectivity index (χ4v) is 3.22. The van der Waals surface area contributed by atoms with Gasteiger partial charge in [-0.05, 0) is 32.2 Å². The van der Waals surface area contributed by atoms with Crippen molar-refractivity contribution in [2.75, 3.05) is 0 Å². The summed E-state index contributed by atoms with van der Waals surface area (Å²) in [4.78, 5) is 33.8. The van der Waals surface area contributed by atoms with Gasteiger partial charge in [-0.3, -0.25) is 9.59 Å². The molecule has 0 unspecified atom stereocenters. The first-order chi connectivity index (χ1) is 12.5. The molecule has 8 nitrogen and oxygen atoms in total. The summed E-state index contributed by atoms with van der Waals surface area (Å²) >= 11 is 1.55. The van der Waals surface area contributed by atoms with E-state index in [-0.39, 0.29) is 12.3 Å². The number of nitrogens with zero attached hydrogens (tertiary/aromatic N) is 4. The lowest BCUT2D eigenvalue weighted by Crippen LogP contribution is -2.35. The number of aryl methyl sites for hydroxylation is 2. The second-order valence-electron chi connectivity index (χ2n) is 5.84. The van der Waals surface area contributed by atoms with Crippen molar-refractivity contribution in [2.24, 2.45) is 0 Å². The van der Waals surface area contributed by atoms with Crippen LogP contribution in [0.1, 0.15) is 28.8 Å². The number of rotatable bonds is 6. The number of carbonyl (C=O) groups is 2. The fraction of sp³-hybridized carbons (Fsp3) is 0.353. The first-order valence-corrected chi connectivity index (χ1v) is 8.99. The molecule has 3 rings (SSSR count). The molecule has 0 aromatic carbocycles. The summed E-state index contributed by atoms with van der Waals surface area (Å²) in [5.74, 6) is -0.334. The molecule has 3 aromatic rings. The number of hydrogen-bond acceptors (Lipinski definition) is 7. The third kappa shape index (κ3) is 3.88. The van der Waals surface area contributed by atoms with Gasteiger partial charge in [-0.25, -0.2) is 9.50 Å². The number of nitrogens with one attached hydrogen (secondary N) is 1. The highest BCUT2D eigenvalue weighted by Crippen LogP contribution is 2.14. The van der Waals surface area contributed by atoms with Gasteiger partial charge in [0, 0.05) is 21.8 Å². The van der Waals surface area contributed by atoms with Crippen LogP contribution in [0.5, 0.6) is 0 Å². The molecule has 136 valence electrons. The molecule has 0 radical (unpaired) electrons. The molecule has 0 bridgehead atoms. The van der Waals surface area contributed by atoms with Crippen LogP contribution in [-0.4, -0.2) is 37.6 Å². The highest BCUT2D eigenvalue weighted by molar-refractivity contribution is 7.09. The molecule has 3 aromatic heterocycles. The normalized spacial score (nSPS) is 12.1. The minimum Gasteiger partial charge on any atom is -0.452 e. The van der Waals surface area contributed by atoms with Gasteiger partial charge in [0.25, 0.3) is 11.7 Å². The van der Waals surface area contributed by atoms with Crippen LogP contribution in [0.4, 0.5) is 0 Å². The number of aromatic nitrogens is 4. The van der Waals surface area contributed by atoms with Crippen molar-refractivity contribution in [1.29, 1.82) is 0 Å². The van der Waals surface area contributed by atoms with E-state index in [1.165, 1.54) is 6.33 Å². The SMILES string of the molecule is Cc1nc2ncnn2c(C)c1CC(=O)O[C@H](C)C(=O)NCc1cccs1. The third-order valence-corrected chi connectivity index (χ3v) is 4.88. The van der Waals surface area contributed by atoms with Crippen molar-refractivity contribution >= 4 is 29.0 Å². The molecule has 1 amide bonds. The van der Waals surface area contributed by atoms with Gasteiger partial charge in [0.15, 0.2) is 6.10 Å². The number of esters is 1. The van der Waals surface area contributed by atoms with Gasteiger partial charge in [-0.15, -0.1) is 11.3 Å². The highest BCUT2D eigenvalue weighted by Gasteiger charge is 2.20. The third-order valence-electron chi connectivity index (χ3n) is 4.00. The molecule has 0 aliphatic heterocycles. The van der Waals surface area contributed by atoms with Crippen molar-refractivity contribution < 1.29 is 14.3 Å². The quantitative estimate of drug-likeness (QED) is 0.659. The average Bonchev–Trinajstić information content (AvgIpc) is 3.27. The summed E-state index contributed by atoms with van der Waals surface area (Å²) in [6.07, 6.45) is 0.561. The summed E-state index contributed by atoms with van der Waals surface area (Å²) < 4.78 is 6.85. The van der Waals surface area contributed by atoms with Crippen molar-refractivity contribution in [3.05, 3.63) is 45.7 Å². The Morgan fingerprint density at radius 3 is 2.92 bits per heavy atom. The molecule has 0 aliphatic carbocycles. The van der Waals surface area contributed by atoms with Gasteiger partial charge in [-0.2, -0.15) is 10.1 Å². The zero-order valence-corrected chi connectivity index (χ0v) is 15.5. The molecule has 26 heavy (non-hydrogen) atoms. The monoisotopic (exact) mass is 373 g/mol. The van der Waals surface area contributed by atoms with Crippen LogP contribution >= 0.6 is 11.3 Å². The van der Waals surface area contributed by atoms with Gasteiger partial charge < -0.3 is 10.1 Å². The van der Waals surface area contributed by atoms with Gasteiger partial charge in [0.2, 0.25) is 0 Å². The second kappa shape index (κ2) is 7.61. The Morgan fingerprint density at radius 2 is 2.19 bits per heavy atom. The standard InChI is InChI=1S/C17H19N5O3S/c1-10-14(11(2)22-17(21-10)19-9-20-22)7-15(23)25-12(3)16(24)18-8-13-5-4-6-26-13/h4-6,9,12H,7-8H2,1-3H3,(H,18,24)/t12-/m1/s1. The van der Waals surface area contributed by atoms with Crippen LogP contribution < -0.4 is 5.32 Å². The molecule has 9 heteroatoms. The molecule has 1 N–H and O–H groups in total. The molecular formula is C17H19N5O3S. The number of ether oxygens (including phenoxy) is 1. The fourth-order valence-electron chi connectivity index (χ4n) is 2.58. The first-order valence-electron chi connectivity index (χ1n) is 8.11. The molecule has 0 aliphatic rings. The molecular weight excluding hydrogens is 354 g/mol. The first kappa shape index (κ1) is 18.0. The maximum Gasteiger partial charge on any atom is 0.311 e. The Labute approximate surface area is 154 Å². The van der Waals surface area contributed by atoms with E-state index in [4.69, 9.17) is 4.74 Å². The molecule has 0 spiro atoms.